The van der Waals surface area contributed by atoms with Gasteiger partial charge in [-0.05, 0) is 42.9 Å². The number of hydrogen-bond donors (Lipinski definition) is 0. The van der Waals surface area contributed by atoms with Crippen LogP contribution in [0.2, 0.25) is 0 Å². The van der Waals surface area contributed by atoms with E-state index in [2.05, 4.69) is 12.1 Å². The summed E-state index contributed by atoms with van der Waals surface area (Å²) in [5.41, 5.74) is 5.06. The van der Waals surface area contributed by atoms with Gasteiger partial charge in [0.1, 0.15) is 18.3 Å². The lowest BCUT2D eigenvalue weighted by Crippen LogP contribution is -2.38. The topological polar surface area (TPSA) is 65.0 Å². The zero-order valence-electron chi connectivity index (χ0n) is 21.9. The molecule has 0 fully saturated rings. The molecule has 0 bridgehead atoms. The van der Waals surface area contributed by atoms with E-state index >= 15 is 0 Å². The number of Topliss-reactive ketones (excluding diaryl/α,β-unsaturated/α-hetero) is 1. The minimum absolute atomic E-state index is 0.0347. The van der Waals surface area contributed by atoms with Gasteiger partial charge >= 0.3 is 5.97 Å². The summed E-state index contributed by atoms with van der Waals surface area (Å²) in [4.78, 5) is 32.2. The van der Waals surface area contributed by atoms with Crippen LogP contribution in [0, 0.1) is 5.92 Å². The Morgan fingerprint density at radius 2 is 1.61 bits per heavy atom. The maximum absolute atomic E-state index is 13.9. The van der Waals surface area contributed by atoms with Gasteiger partial charge in [-0.3, -0.25) is 14.6 Å². The van der Waals surface area contributed by atoms with E-state index in [1.165, 1.54) is 0 Å². The highest BCUT2D eigenvalue weighted by atomic mass is 16.5. The van der Waals surface area contributed by atoms with Gasteiger partial charge in [0.25, 0.3) is 0 Å². The molecule has 38 heavy (non-hydrogen) atoms. The fourth-order valence-corrected chi connectivity index (χ4v) is 5.56. The molecule has 0 saturated carbocycles. The molecule has 1 aliphatic carbocycles. The van der Waals surface area contributed by atoms with Gasteiger partial charge in [0.15, 0.2) is 5.78 Å². The fourth-order valence-electron chi connectivity index (χ4n) is 5.56. The second kappa shape index (κ2) is 11.6. The van der Waals surface area contributed by atoms with Gasteiger partial charge < -0.3 is 9.47 Å². The minimum atomic E-state index is -0.681. The number of allylic oxidation sites excluding steroid dienone is 2. The Morgan fingerprint density at radius 1 is 0.921 bits per heavy atom. The molecule has 5 heteroatoms. The number of aliphatic imine (C=N–C) groups is 1. The van der Waals surface area contributed by atoms with Crippen molar-refractivity contribution in [1.29, 1.82) is 0 Å². The van der Waals surface area contributed by atoms with Gasteiger partial charge in [0, 0.05) is 34.9 Å². The van der Waals surface area contributed by atoms with Crippen LogP contribution in [0.4, 0.5) is 0 Å². The predicted molar refractivity (Wildman–Crippen MR) is 148 cm³/mol. The molecule has 0 aromatic heterocycles. The molecule has 0 amide bonds. The molecule has 0 N–H and O–H groups in total. The van der Waals surface area contributed by atoms with Crippen LogP contribution in [-0.2, 0) is 20.9 Å². The smallest absolute Gasteiger partial charge is 0.315 e. The number of hydrogen-bond acceptors (Lipinski definition) is 5. The van der Waals surface area contributed by atoms with Gasteiger partial charge in [-0.15, -0.1) is 0 Å². The average molecular weight is 508 g/mol. The number of para-hydroxylation sites is 1. The molecule has 5 nitrogen and oxygen atoms in total. The van der Waals surface area contributed by atoms with Crippen molar-refractivity contribution in [3.05, 3.63) is 113 Å². The molecule has 2 aliphatic rings. The van der Waals surface area contributed by atoms with Crippen LogP contribution in [0.15, 0.2) is 101 Å². The number of ether oxygens (including phenoxy) is 2. The Morgan fingerprint density at radius 3 is 2.34 bits per heavy atom. The Bertz CT molecular complexity index is 1360. The Hall–Kier alpha value is -3.99. The molecule has 0 saturated heterocycles. The number of nitrogens with zero attached hydrogens (tertiary/aromatic N) is 1. The van der Waals surface area contributed by atoms with Crippen LogP contribution in [0.3, 0.4) is 0 Å². The van der Waals surface area contributed by atoms with E-state index in [0.717, 1.165) is 28.8 Å². The third-order valence-electron chi connectivity index (χ3n) is 7.35. The maximum Gasteiger partial charge on any atom is 0.315 e. The SMILES string of the molecule is CCCOC(=O)C1C(C)=NC2=C(C(=O)C[C@@H](c3ccccc3)C2)[C@@H]1c1ccccc1OCc1ccccc1. The monoisotopic (exact) mass is 507 g/mol. The van der Waals surface area contributed by atoms with E-state index in [1.54, 1.807) is 0 Å². The standard InChI is InChI=1S/C33H33NO4/c1-3-18-37-33(36)30-22(2)34-27-19-25(24-14-8-5-9-15-24)20-28(35)32(27)31(30)26-16-10-11-17-29(26)38-21-23-12-6-4-7-13-23/h4-17,25,30-31H,3,18-21H2,1-2H3/t25-,30?,31+/m0/s1. The number of benzene rings is 3. The molecule has 3 aromatic rings. The van der Waals surface area contributed by atoms with Gasteiger partial charge in [0.05, 0.1) is 6.61 Å². The van der Waals surface area contributed by atoms with Crippen molar-refractivity contribution >= 4 is 17.5 Å². The lowest BCUT2D eigenvalue weighted by Gasteiger charge is -2.37. The zero-order valence-corrected chi connectivity index (χ0v) is 21.9. The molecule has 3 aromatic carbocycles. The van der Waals surface area contributed by atoms with Crippen molar-refractivity contribution in [3.63, 3.8) is 0 Å². The van der Waals surface area contributed by atoms with E-state index < -0.39 is 11.8 Å². The summed E-state index contributed by atoms with van der Waals surface area (Å²) in [7, 11) is 0. The van der Waals surface area contributed by atoms with Crippen LogP contribution >= 0.6 is 0 Å². The summed E-state index contributed by atoms with van der Waals surface area (Å²) in [6, 6.07) is 27.8. The van der Waals surface area contributed by atoms with Gasteiger partial charge in [-0.2, -0.15) is 0 Å². The molecular formula is C33H33NO4. The Kier molecular flexibility index (Phi) is 7.83. The van der Waals surface area contributed by atoms with E-state index in [0.29, 0.717) is 43.1 Å². The Balaban J connectivity index is 1.56. The summed E-state index contributed by atoms with van der Waals surface area (Å²) in [5.74, 6) is -0.781. The molecule has 1 heterocycles. The predicted octanol–water partition coefficient (Wildman–Crippen LogP) is 6.79. The lowest BCUT2D eigenvalue weighted by atomic mass is 9.69. The summed E-state index contributed by atoms with van der Waals surface area (Å²) in [5, 5.41) is 0. The molecule has 1 unspecified atom stereocenters. The summed E-state index contributed by atoms with van der Waals surface area (Å²) >= 11 is 0. The van der Waals surface area contributed by atoms with Crippen molar-refractivity contribution in [2.24, 2.45) is 10.9 Å². The van der Waals surface area contributed by atoms with Crippen LogP contribution in [-0.4, -0.2) is 24.1 Å². The first-order valence-electron chi connectivity index (χ1n) is 13.4. The molecule has 0 radical (unpaired) electrons. The molecular weight excluding hydrogens is 474 g/mol. The first-order chi connectivity index (χ1) is 18.6. The van der Waals surface area contributed by atoms with Crippen LogP contribution < -0.4 is 4.74 Å². The first-order valence-corrected chi connectivity index (χ1v) is 13.4. The second-order valence-corrected chi connectivity index (χ2v) is 9.99. The highest BCUT2D eigenvalue weighted by Crippen LogP contribution is 2.48. The molecule has 1 aliphatic heterocycles. The van der Waals surface area contributed by atoms with Gasteiger partial charge in [-0.1, -0.05) is 85.8 Å². The molecule has 194 valence electrons. The summed E-state index contributed by atoms with van der Waals surface area (Å²) in [6.45, 7) is 4.56. The summed E-state index contributed by atoms with van der Waals surface area (Å²) < 4.78 is 11.9. The number of carbonyl (C=O) groups is 2. The van der Waals surface area contributed by atoms with Crippen molar-refractivity contribution in [1.82, 2.24) is 0 Å². The van der Waals surface area contributed by atoms with Gasteiger partial charge in [0.2, 0.25) is 0 Å². The van der Waals surface area contributed by atoms with Crippen LogP contribution in [0.1, 0.15) is 61.6 Å². The van der Waals surface area contributed by atoms with Gasteiger partial charge in [-0.25, -0.2) is 0 Å². The van der Waals surface area contributed by atoms with Crippen molar-refractivity contribution in [2.75, 3.05) is 6.61 Å². The normalized spacial score (nSPS) is 20.9. The van der Waals surface area contributed by atoms with E-state index in [4.69, 9.17) is 14.5 Å². The first kappa shape index (κ1) is 25.7. The number of esters is 1. The van der Waals surface area contributed by atoms with E-state index in [9.17, 15) is 9.59 Å². The third kappa shape index (κ3) is 5.33. The fraction of sp³-hybridized carbons (Fsp3) is 0.303. The van der Waals surface area contributed by atoms with Crippen molar-refractivity contribution < 1.29 is 19.1 Å². The largest absolute Gasteiger partial charge is 0.489 e. The van der Waals surface area contributed by atoms with Crippen molar-refractivity contribution in [3.8, 4) is 5.75 Å². The highest BCUT2D eigenvalue weighted by molar-refractivity contribution is 6.09. The molecule has 0 spiro atoms. The number of ketones is 1. The maximum atomic E-state index is 13.9. The minimum Gasteiger partial charge on any atom is -0.489 e. The number of carbonyl (C=O) groups excluding carboxylic acids is 2. The van der Waals surface area contributed by atoms with Crippen LogP contribution in [0.25, 0.3) is 0 Å². The number of rotatable bonds is 8. The van der Waals surface area contributed by atoms with E-state index in [1.807, 2.05) is 86.6 Å². The second-order valence-electron chi connectivity index (χ2n) is 9.99. The van der Waals surface area contributed by atoms with Crippen molar-refractivity contribution in [2.45, 2.75) is 51.6 Å². The lowest BCUT2D eigenvalue weighted by molar-refractivity contribution is -0.146. The average Bonchev–Trinajstić information content (AvgIpc) is 2.95. The Labute approximate surface area is 224 Å². The summed E-state index contributed by atoms with van der Waals surface area (Å²) in [6.07, 6.45) is 1.77. The quantitative estimate of drug-likeness (QED) is 0.315. The van der Waals surface area contributed by atoms with Crippen LogP contribution in [0.5, 0.6) is 5.75 Å². The van der Waals surface area contributed by atoms with E-state index in [-0.39, 0.29) is 17.7 Å². The molecule has 5 rings (SSSR count). The molecule has 3 atom stereocenters. The zero-order chi connectivity index (χ0) is 26.5. The highest BCUT2D eigenvalue weighted by Gasteiger charge is 2.45. The third-order valence-corrected chi connectivity index (χ3v) is 7.35.